The minimum absolute atomic E-state index is 0.114. The van der Waals surface area contributed by atoms with Crippen molar-refractivity contribution in [3.63, 3.8) is 0 Å². The summed E-state index contributed by atoms with van der Waals surface area (Å²) in [7, 11) is 0. The lowest BCUT2D eigenvalue weighted by atomic mass is 10.3. The largest absolute Gasteiger partial charge is 0.382 e. The normalized spacial score (nSPS) is 9.93. The first-order chi connectivity index (χ1) is 6.56. The van der Waals surface area contributed by atoms with Gasteiger partial charge in [0.2, 0.25) is 0 Å². The topological polar surface area (TPSA) is 80.9 Å². The van der Waals surface area contributed by atoms with Crippen LogP contribution in [0.5, 0.6) is 0 Å². The standard InChI is InChI=1S/C9H14N4O/c1-4-11-9-7(6(3)14)12-5(2)8(10)13-9/h4H2,1-3H3,(H3,10,11,13). The summed E-state index contributed by atoms with van der Waals surface area (Å²) in [6.45, 7) is 5.78. The van der Waals surface area contributed by atoms with E-state index in [-0.39, 0.29) is 5.78 Å². The van der Waals surface area contributed by atoms with Gasteiger partial charge in [-0.05, 0) is 13.8 Å². The average molecular weight is 194 g/mol. The van der Waals surface area contributed by atoms with Crippen LogP contribution in [0.15, 0.2) is 0 Å². The van der Waals surface area contributed by atoms with Crippen molar-refractivity contribution >= 4 is 17.4 Å². The number of nitrogens with one attached hydrogen (secondary N) is 1. The molecule has 0 amide bonds. The molecule has 0 unspecified atom stereocenters. The summed E-state index contributed by atoms with van der Waals surface area (Å²) in [6.07, 6.45) is 0. The number of aryl methyl sites for hydroxylation is 1. The van der Waals surface area contributed by atoms with Crippen molar-refractivity contribution in [3.8, 4) is 0 Å². The molecule has 0 radical (unpaired) electrons. The Labute approximate surface area is 82.7 Å². The molecule has 14 heavy (non-hydrogen) atoms. The quantitative estimate of drug-likeness (QED) is 0.701. The van der Waals surface area contributed by atoms with Gasteiger partial charge in [-0.2, -0.15) is 0 Å². The molecule has 1 aromatic rings. The van der Waals surface area contributed by atoms with Crippen LogP contribution < -0.4 is 11.1 Å². The molecule has 0 aliphatic rings. The summed E-state index contributed by atoms with van der Waals surface area (Å²) >= 11 is 0. The first-order valence-electron chi connectivity index (χ1n) is 4.45. The van der Waals surface area contributed by atoms with E-state index in [9.17, 15) is 4.79 Å². The molecule has 0 spiro atoms. The molecule has 0 aliphatic carbocycles. The number of nitrogens with zero attached hydrogens (tertiary/aromatic N) is 2. The van der Waals surface area contributed by atoms with E-state index in [4.69, 9.17) is 5.73 Å². The molecular weight excluding hydrogens is 180 g/mol. The van der Waals surface area contributed by atoms with Gasteiger partial charge in [-0.3, -0.25) is 4.79 Å². The molecule has 0 fully saturated rings. The molecule has 0 aromatic carbocycles. The van der Waals surface area contributed by atoms with E-state index in [1.807, 2.05) is 6.92 Å². The van der Waals surface area contributed by atoms with Gasteiger partial charge >= 0.3 is 0 Å². The fourth-order valence-electron chi connectivity index (χ4n) is 1.07. The van der Waals surface area contributed by atoms with E-state index in [1.54, 1.807) is 6.92 Å². The second-order valence-electron chi connectivity index (χ2n) is 2.98. The highest BCUT2D eigenvalue weighted by atomic mass is 16.1. The van der Waals surface area contributed by atoms with Gasteiger partial charge in [0.25, 0.3) is 0 Å². The summed E-state index contributed by atoms with van der Waals surface area (Å²) in [5.41, 5.74) is 6.52. The first kappa shape index (κ1) is 10.4. The second kappa shape index (κ2) is 4.04. The van der Waals surface area contributed by atoms with Crippen molar-refractivity contribution in [2.75, 3.05) is 17.6 Å². The summed E-state index contributed by atoms with van der Waals surface area (Å²) in [5, 5.41) is 2.95. The molecule has 1 rings (SSSR count). The summed E-state index contributed by atoms with van der Waals surface area (Å²) < 4.78 is 0. The van der Waals surface area contributed by atoms with Crippen LogP contribution >= 0.6 is 0 Å². The van der Waals surface area contributed by atoms with Crippen LogP contribution in [-0.4, -0.2) is 22.3 Å². The lowest BCUT2D eigenvalue weighted by molar-refractivity contribution is 0.101. The fraction of sp³-hybridized carbons (Fsp3) is 0.444. The Morgan fingerprint density at radius 3 is 2.64 bits per heavy atom. The number of carbonyl (C=O) groups is 1. The van der Waals surface area contributed by atoms with E-state index in [0.29, 0.717) is 29.6 Å². The molecule has 0 saturated carbocycles. The Balaban J connectivity index is 3.24. The van der Waals surface area contributed by atoms with Gasteiger partial charge in [-0.25, -0.2) is 9.97 Å². The van der Waals surface area contributed by atoms with E-state index in [1.165, 1.54) is 6.92 Å². The summed E-state index contributed by atoms with van der Waals surface area (Å²) in [5.74, 6) is 0.700. The Morgan fingerprint density at radius 2 is 2.14 bits per heavy atom. The van der Waals surface area contributed by atoms with E-state index >= 15 is 0 Å². The maximum absolute atomic E-state index is 11.2. The van der Waals surface area contributed by atoms with E-state index in [2.05, 4.69) is 15.3 Å². The van der Waals surface area contributed by atoms with Crippen molar-refractivity contribution < 1.29 is 4.79 Å². The van der Waals surface area contributed by atoms with Crippen LogP contribution in [0.4, 0.5) is 11.6 Å². The molecular formula is C9H14N4O. The minimum atomic E-state index is -0.114. The van der Waals surface area contributed by atoms with Gasteiger partial charge in [0.1, 0.15) is 11.5 Å². The van der Waals surface area contributed by atoms with Crippen LogP contribution in [0.25, 0.3) is 0 Å². The molecule has 5 nitrogen and oxygen atoms in total. The maximum Gasteiger partial charge on any atom is 0.181 e. The van der Waals surface area contributed by atoms with Crippen LogP contribution in [0.3, 0.4) is 0 Å². The van der Waals surface area contributed by atoms with Crippen molar-refractivity contribution in [1.29, 1.82) is 0 Å². The van der Waals surface area contributed by atoms with Gasteiger partial charge in [0.15, 0.2) is 11.6 Å². The van der Waals surface area contributed by atoms with Gasteiger partial charge in [0.05, 0.1) is 5.69 Å². The second-order valence-corrected chi connectivity index (χ2v) is 2.98. The smallest absolute Gasteiger partial charge is 0.181 e. The zero-order chi connectivity index (χ0) is 10.7. The Hall–Kier alpha value is -1.65. The highest BCUT2D eigenvalue weighted by molar-refractivity contribution is 5.96. The van der Waals surface area contributed by atoms with Crippen molar-refractivity contribution in [2.24, 2.45) is 0 Å². The SMILES string of the molecule is CCNc1nc(N)c(C)nc1C(C)=O. The third kappa shape index (κ3) is 1.99. The van der Waals surface area contributed by atoms with Crippen LogP contribution in [0.2, 0.25) is 0 Å². The molecule has 0 aliphatic heterocycles. The summed E-state index contributed by atoms with van der Waals surface area (Å²) in [6, 6.07) is 0. The Kier molecular flexibility index (Phi) is 3.01. The lowest BCUT2D eigenvalue weighted by Crippen LogP contribution is -2.12. The number of ketones is 1. The number of Topliss-reactive ketones (excluding diaryl/α,β-unsaturated/α-hetero) is 1. The summed E-state index contributed by atoms with van der Waals surface area (Å²) in [4.78, 5) is 19.4. The first-order valence-corrected chi connectivity index (χ1v) is 4.45. The Bertz CT molecular complexity index is 362. The highest BCUT2D eigenvalue weighted by Crippen LogP contribution is 2.15. The Morgan fingerprint density at radius 1 is 1.50 bits per heavy atom. The average Bonchev–Trinajstić information content (AvgIpc) is 2.11. The zero-order valence-electron chi connectivity index (χ0n) is 8.59. The van der Waals surface area contributed by atoms with Gasteiger partial charge in [0, 0.05) is 13.5 Å². The zero-order valence-corrected chi connectivity index (χ0v) is 8.59. The van der Waals surface area contributed by atoms with Crippen LogP contribution in [0, 0.1) is 6.92 Å². The molecule has 1 aromatic heterocycles. The van der Waals surface area contributed by atoms with Gasteiger partial charge in [-0.15, -0.1) is 0 Å². The number of nitrogen functional groups attached to an aromatic ring is 1. The molecule has 0 atom stereocenters. The predicted molar refractivity (Wildman–Crippen MR) is 55.3 cm³/mol. The molecule has 76 valence electrons. The molecule has 1 heterocycles. The van der Waals surface area contributed by atoms with Crippen molar-refractivity contribution in [1.82, 2.24) is 9.97 Å². The number of aromatic nitrogens is 2. The number of hydrogen-bond acceptors (Lipinski definition) is 5. The monoisotopic (exact) mass is 194 g/mol. The molecule has 0 bridgehead atoms. The van der Waals surface area contributed by atoms with Crippen molar-refractivity contribution in [2.45, 2.75) is 20.8 Å². The number of rotatable bonds is 3. The number of hydrogen-bond donors (Lipinski definition) is 2. The van der Waals surface area contributed by atoms with E-state index < -0.39 is 0 Å². The molecule has 3 N–H and O–H groups in total. The van der Waals surface area contributed by atoms with Crippen molar-refractivity contribution in [3.05, 3.63) is 11.4 Å². The molecule has 5 heteroatoms. The lowest BCUT2D eigenvalue weighted by Gasteiger charge is -2.08. The number of nitrogens with two attached hydrogens (primary N) is 1. The highest BCUT2D eigenvalue weighted by Gasteiger charge is 2.12. The third-order valence-corrected chi connectivity index (χ3v) is 1.78. The van der Waals surface area contributed by atoms with Gasteiger partial charge < -0.3 is 11.1 Å². The van der Waals surface area contributed by atoms with Crippen LogP contribution in [-0.2, 0) is 0 Å². The van der Waals surface area contributed by atoms with Gasteiger partial charge in [-0.1, -0.05) is 0 Å². The number of anilines is 2. The predicted octanol–water partition coefficient (Wildman–Crippen LogP) is 1.00. The molecule has 0 saturated heterocycles. The third-order valence-electron chi connectivity index (χ3n) is 1.78. The fourth-order valence-corrected chi connectivity index (χ4v) is 1.07. The minimum Gasteiger partial charge on any atom is -0.382 e. The number of carbonyl (C=O) groups excluding carboxylic acids is 1. The van der Waals surface area contributed by atoms with Crippen LogP contribution in [0.1, 0.15) is 30.0 Å². The maximum atomic E-state index is 11.2. The van der Waals surface area contributed by atoms with E-state index in [0.717, 1.165) is 0 Å².